The third-order valence-electron chi connectivity index (χ3n) is 6.08. The fourth-order valence-corrected chi connectivity index (χ4v) is 4.17. The van der Waals surface area contributed by atoms with Crippen LogP contribution < -0.4 is 10.6 Å². The third-order valence-corrected chi connectivity index (χ3v) is 6.08. The van der Waals surface area contributed by atoms with Crippen molar-refractivity contribution in [3.63, 3.8) is 0 Å². The number of amides is 2. The first-order valence-corrected chi connectivity index (χ1v) is 10.5. The molecule has 29 heavy (non-hydrogen) atoms. The Morgan fingerprint density at radius 2 is 1.69 bits per heavy atom. The van der Waals surface area contributed by atoms with Crippen LogP contribution in [0.25, 0.3) is 0 Å². The summed E-state index contributed by atoms with van der Waals surface area (Å²) in [7, 11) is 0. The van der Waals surface area contributed by atoms with Crippen LogP contribution in [0.15, 0.2) is 54.6 Å². The zero-order chi connectivity index (χ0) is 20.2. The molecule has 1 aliphatic heterocycles. The van der Waals surface area contributed by atoms with Crippen molar-refractivity contribution in [1.29, 1.82) is 0 Å². The molecular weight excluding hydrogens is 362 g/mol. The van der Waals surface area contributed by atoms with Crippen LogP contribution in [0.1, 0.15) is 53.6 Å². The summed E-state index contributed by atoms with van der Waals surface area (Å²) >= 11 is 0. The van der Waals surface area contributed by atoms with Crippen molar-refractivity contribution in [2.45, 2.75) is 50.7 Å². The maximum atomic E-state index is 12.4. The number of nitrogens with one attached hydrogen (secondary N) is 2. The van der Waals surface area contributed by atoms with Crippen LogP contribution in [-0.4, -0.2) is 41.9 Å². The van der Waals surface area contributed by atoms with E-state index in [1.807, 2.05) is 47.4 Å². The second kappa shape index (κ2) is 8.78. The van der Waals surface area contributed by atoms with E-state index in [1.165, 1.54) is 5.56 Å². The molecule has 2 N–H and O–H groups in total. The number of piperidine rings is 1. The molecule has 2 aromatic carbocycles. The van der Waals surface area contributed by atoms with E-state index in [2.05, 4.69) is 22.8 Å². The predicted octanol–water partition coefficient (Wildman–Crippen LogP) is 3.07. The highest BCUT2D eigenvalue weighted by molar-refractivity contribution is 5.94. The van der Waals surface area contributed by atoms with E-state index in [1.54, 1.807) is 6.92 Å². The van der Waals surface area contributed by atoms with Crippen molar-refractivity contribution in [3.8, 4) is 0 Å². The summed E-state index contributed by atoms with van der Waals surface area (Å²) in [6, 6.07) is 19.0. The van der Waals surface area contributed by atoms with Gasteiger partial charge in [0.25, 0.3) is 5.91 Å². The van der Waals surface area contributed by atoms with E-state index in [-0.39, 0.29) is 11.8 Å². The second-order valence-corrected chi connectivity index (χ2v) is 8.19. The molecule has 1 heterocycles. The van der Waals surface area contributed by atoms with Crippen molar-refractivity contribution >= 4 is 11.8 Å². The average Bonchev–Trinajstić information content (AvgIpc) is 3.52. The van der Waals surface area contributed by atoms with E-state index in [0.717, 1.165) is 37.9 Å². The molecule has 2 aromatic rings. The molecule has 2 unspecified atom stereocenters. The molecule has 0 aromatic heterocycles. The minimum absolute atomic E-state index is 0.0388. The Morgan fingerprint density at radius 3 is 2.34 bits per heavy atom. The highest BCUT2D eigenvalue weighted by Gasteiger charge is 2.39. The normalized spacial score (nSPS) is 21.6. The van der Waals surface area contributed by atoms with E-state index >= 15 is 0 Å². The fraction of sp³-hybridized carbons (Fsp3) is 0.417. The van der Waals surface area contributed by atoms with Crippen molar-refractivity contribution in [2.24, 2.45) is 0 Å². The molecule has 1 saturated carbocycles. The first kappa shape index (κ1) is 19.6. The Kier molecular flexibility index (Phi) is 5.95. The van der Waals surface area contributed by atoms with Crippen LogP contribution in [0.4, 0.5) is 0 Å². The van der Waals surface area contributed by atoms with Gasteiger partial charge in [-0.3, -0.25) is 9.59 Å². The summed E-state index contributed by atoms with van der Waals surface area (Å²) in [5.41, 5.74) is 3.09. The summed E-state index contributed by atoms with van der Waals surface area (Å²) in [5.74, 6) is 0.672. The molecule has 1 aliphatic carbocycles. The van der Waals surface area contributed by atoms with Gasteiger partial charge in [0.05, 0.1) is 0 Å². The zero-order valence-electron chi connectivity index (χ0n) is 16.9. The molecule has 2 aliphatic rings. The number of likely N-dealkylation sites (tertiary alicyclic amines) is 1. The molecule has 2 amide bonds. The minimum Gasteiger partial charge on any atom is -0.348 e. The third kappa shape index (κ3) is 5.04. The highest BCUT2D eigenvalue weighted by Crippen LogP contribution is 2.41. The van der Waals surface area contributed by atoms with Gasteiger partial charge in [-0.05, 0) is 42.5 Å². The molecule has 0 bridgehead atoms. The lowest BCUT2D eigenvalue weighted by Gasteiger charge is -2.32. The van der Waals surface area contributed by atoms with E-state index in [4.69, 9.17) is 0 Å². The van der Waals surface area contributed by atoms with Gasteiger partial charge in [0, 0.05) is 50.1 Å². The lowest BCUT2D eigenvalue weighted by molar-refractivity contribution is -0.129. The van der Waals surface area contributed by atoms with Gasteiger partial charge in [-0.15, -0.1) is 0 Å². The SMILES string of the molecule is CC(=O)N1CCC(NC2CC2c2ccc(C(=O)NCc3ccccc3)cc2)CC1. The van der Waals surface area contributed by atoms with Crippen LogP contribution >= 0.6 is 0 Å². The molecule has 0 spiro atoms. The van der Waals surface area contributed by atoms with Gasteiger partial charge in [-0.2, -0.15) is 0 Å². The van der Waals surface area contributed by atoms with Crippen LogP contribution in [0.5, 0.6) is 0 Å². The smallest absolute Gasteiger partial charge is 0.251 e. The van der Waals surface area contributed by atoms with Gasteiger partial charge in [0.2, 0.25) is 5.91 Å². The number of carbonyl (C=O) groups excluding carboxylic acids is 2. The number of nitrogens with zero attached hydrogens (tertiary/aromatic N) is 1. The maximum Gasteiger partial charge on any atom is 0.251 e. The van der Waals surface area contributed by atoms with E-state index < -0.39 is 0 Å². The quantitative estimate of drug-likeness (QED) is 0.796. The van der Waals surface area contributed by atoms with Gasteiger partial charge in [-0.25, -0.2) is 0 Å². The van der Waals surface area contributed by atoms with Crippen molar-refractivity contribution in [2.75, 3.05) is 13.1 Å². The Labute approximate surface area is 172 Å². The summed E-state index contributed by atoms with van der Waals surface area (Å²) in [6.07, 6.45) is 3.21. The van der Waals surface area contributed by atoms with E-state index in [9.17, 15) is 9.59 Å². The van der Waals surface area contributed by atoms with Crippen LogP contribution in [0.2, 0.25) is 0 Å². The summed E-state index contributed by atoms with van der Waals surface area (Å²) in [6.45, 7) is 3.91. The molecule has 2 fully saturated rings. The maximum absolute atomic E-state index is 12.4. The molecule has 5 heteroatoms. The first-order valence-electron chi connectivity index (χ1n) is 10.5. The van der Waals surface area contributed by atoms with E-state index in [0.29, 0.717) is 30.1 Å². The van der Waals surface area contributed by atoms with Crippen LogP contribution in [0, 0.1) is 0 Å². The molecule has 152 valence electrons. The number of rotatable bonds is 6. The minimum atomic E-state index is -0.0388. The standard InChI is InChI=1S/C24H29N3O2/c1-17(28)27-13-11-21(12-14-27)26-23-15-22(23)19-7-9-20(10-8-19)24(29)25-16-18-5-3-2-4-6-18/h2-10,21-23,26H,11-16H2,1H3,(H,25,29). The molecule has 4 rings (SSSR count). The lowest BCUT2D eigenvalue weighted by Crippen LogP contribution is -2.45. The number of hydrogen-bond acceptors (Lipinski definition) is 3. The monoisotopic (exact) mass is 391 g/mol. The first-order chi connectivity index (χ1) is 14.1. The molecular formula is C24H29N3O2. The van der Waals surface area contributed by atoms with Gasteiger partial charge >= 0.3 is 0 Å². The summed E-state index contributed by atoms with van der Waals surface area (Å²) in [5, 5.41) is 6.73. The van der Waals surface area contributed by atoms with Crippen molar-refractivity contribution < 1.29 is 9.59 Å². The van der Waals surface area contributed by atoms with Crippen molar-refractivity contribution in [3.05, 3.63) is 71.3 Å². The average molecular weight is 392 g/mol. The van der Waals surface area contributed by atoms with Crippen molar-refractivity contribution in [1.82, 2.24) is 15.5 Å². The Morgan fingerprint density at radius 1 is 1.00 bits per heavy atom. The summed E-state index contributed by atoms with van der Waals surface area (Å²) in [4.78, 5) is 25.7. The summed E-state index contributed by atoms with van der Waals surface area (Å²) < 4.78 is 0. The lowest BCUT2D eigenvalue weighted by atomic mass is 10.0. The number of carbonyl (C=O) groups is 2. The fourth-order valence-electron chi connectivity index (χ4n) is 4.17. The Hall–Kier alpha value is -2.66. The van der Waals surface area contributed by atoms with Gasteiger partial charge < -0.3 is 15.5 Å². The zero-order valence-corrected chi connectivity index (χ0v) is 16.9. The van der Waals surface area contributed by atoms with Gasteiger partial charge in [0.15, 0.2) is 0 Å². The Balaban J connectivity index is 1.24. The highest BCUT2D eigenvalue weighted by atomic mass is 16.2. The van der Waals surface area contributed by atoms with Crippen LogP contribution in [-0.2, 0) is 11.3 Å². The predicted molar refractivity (Wildman–Crippen MR) is 114 cm³/mol. The molecule has 0 radical (unpaired) electrons. The largest absolute Gasteiger partial charge is 0.348 e. The topological polar surface area (TPSA) is 61.4 Å². The second-order valence-electron chi connectivity index (χ2n) is 8.19. The number of hydrogen-bond donors (Lipinski definition) is 2. The molecule has 1 saturated heterocycles. The van der Waals surface area contributed by atoms with Gasteiger partial charge in [0.1, 0.15) is 0 Å². The molecule has 5 nitrogen and oxygen atoms in total. The van der Waals surface area contributed by atoms with Gasteiger partial charge in [-0.1, -0.05) is 42.5 Å². The molecule has 2 atom stereocenters. The number of benzene rings is 2. The Bertz CT molecular complexity index is 842. The van der Waals surface area contributed by atoms with Crippen LogP contribution in [0.3, 0.4) is 0 Å².